The quantitative estimate of drug-likeness (QED) is 0.799. The Morgan fingerprint density at radius 1 is 1.31 bits per heavy atom. The SMILES string of the molecule is CCN(CCO)CC(O)c1ccc(Cl)cc1. The molecule has 2 N–H and O–H groups in total. The van der Waals surface area contributed by atoms with Crippen LogP contribution in [0.1, 0.15) is 18.6 Å². The molecular weight excluding hydrogens is 226 g/mol. The van der Waals surface area contributed by atoms with Crippen LogP contribution >= 0.6 is 11.6 Å². The second-order valence-electron chi connectivity index (χ2n) is 3.68. The van der Waals surface area contributed by atoms with E-state index in [1.165, 1.54) is 0 Å². The van der Waals surface area contributed by atoms with E-state index in [2.05, 4.69) is 0 Å². The normalized spacial score (nSPS) is 13.1. The maximum atomic E-state index is 9.97. The highest BCUT2D eigenvalue weighted by Crippen LogP contribution is 2.17. The van der Waals surface area contributed by atoms with Crippen LogP contribution in [0.5, 0.6) is 0 Å². The molecule has 0 saturated heterocycles. The van der Waals surface area contributed by atoms with Crippen LogP contribution in [0, 0.1) is 0 Å². The molecule has 0 spiro atoms. The predicted molar refractivity (Wildman–Crippen MR) is 65.6 cm³/mol. The van der Waals surface area contributed by atoms with Gasteiger partial charge in [-0.1, -0.05) is 30.7 Å². The molecule has 16 heavy (non-hydrogen) atoms. The van der Waals surface area contributed by atoms with Gasteiger partial charge in [-0.3, -0.25) is 4.90 Å². The number of halogens is 1. The maximum Gasteiger partial charge on any atom is 0.0916 e. The van der Waals surface area contributed by atoms with Crippen LogP contribution in [0.25, 0.3) is 0 Å². The van der Waals surface area contributed by atoms with E-state index in [-0.39, 0.29) is 6.61 Å². The lowest BCUT2D eigenvalue weighted by molar-refractivity contribution is 0.103. The minimum absolute atomic E-state index is 0.112. The van der Waals surface area contributed by atoms with Crippen molar-refractivity contribution in [3.05, 3.63) is 34.9 Å². The first-order chi connectivity index (χ1) is 7.67. The molecule has 1 rings (SSSR count). The summed E-state index contributed by atoms with van der Waals surface area (Å²) in [5, 5.41) is 19.5. The average Bonchev–Trinajstić information content (AvgIpc) is 2.29. The number of aliphatic hydroxyl groups excluding tert-OH is 2. The lowest BCUT2D eigenvalue weighted by Crippen LogP contribution is -2.31. The fraction of sp³-hybridized carbons (Fsp3) is 0.500. The predicted octanol–water partition coefficient (Wildman–Crippen LogP) is 1.69. The molecule has 1 aromatic rings. The molecule has 0 aliphatic carbocycles. The first-order valence-corrected chi connectivity index (χ1v) is 5.82. The zero-order valence-electron chi connectivity index (χ0n) is 9.43. The molecule has 4 heteroatoms. The van der Waals surface area contributed by atoms with Gasteiger partial charge in [0, 0.05) is 18.1 Å². The van der Waals surface area contributed by atoms with Gasteiger partial charge in [0.2, 0.25) is 0 Å². The van der Waals surface area contributed by atoms with Gasteiger partial charge in [-0.05, 0) is 24.2 Å². The summed E-state index contributed by atoms with van der Waals surface area (Å²) in [5.41, 5.74) is 0.848. The number of aliphatic hydroxyl groups is 2. The Hall–Kier alpha value is -0.610. The van der Waals surface area contributed by atoms with Crippen molar-refractivity contribution < 1.29 is 10.2 Å². The molecule has 0 aromatic heterocycles. The molecule has 0 saturated carbocycles. The Morgan fingerprint density at radius 2 is 1.94 bits per heavy atom. The maximum absolute atomic E-state index is 9.97. The lowest BCUT2D eigenvalue weighted by Gasteiger charge is -2.22. The van der Waals surface area contributed by atoms with E-state index in [0.717, 1.165) is 12.1 Å². The molecule has 0 bridgehead atoms. The molecule has 0 heterocycles. The highest BCUT2D eigenvalue weighted by molar-refractivity contribution is 6.30. The Bertz CT molecular complexity index is 302. The molecule has 3 nitrogen and oxygen atoms in total. The third kappa shape index (κ3) is 4.10. The van der Waals surface area contributed by atoms with E-state index in [1.807, 2.05) is 24.0 Å². The van der Waals surface area contributed by atoms with Gasteiger partial charge in [-0.15, -0.1) is 0 Å². The zero-order chi connectivity index (χ0) is 12.0. The summed E-state index contributed by atoms with van der Waals surface area (Å²) >= 11 is 5.77. The van der Waals surface area contributed by atoms with E-state index in [9.17, 15) is 5.11 Å². The summed E-state index contributed by atoms with van der Waals surface area (Å²) in [6.07, 6.45) is -0.538. The van der Waals surface area contributed by atoms with E-state index in [4.69, 9.17) is 16.7 Å². The molecule has 0 amide bonds. The highest BCUT2D eigenvalue weighted by atomic mass is 35.5. The van der Waals surface area contributed by atoms with Crippen molar-refractivity contribution in [3.8, 4) is 0 Å². The summed E-state index contributed by atoms with van der Waals surface area (Å²) in [7, 11) is 0. The number of benzene rings is 1. The van der Waals surface area contributed by atoms with E-state index < -0.39 is 6.10 Å². The number of hydrogen-bond acceptors (Lipinski definition) is 3. The van der Waals surface area contributed by atoms with Crippen molar-refractivity contribution in [1.29, 1.82) is 0 Å². The first kappa shape index (κ1) is 13.5. The summed E-state index contributed by atoms with van der Waals surface area (Å²) in [6, 6.07) is 7.17. The summed E-state index contributed by atoms with van der Waals surface area (Å²) in [6.45, 7) is 4.04. The van der Waals surface area contributed by atoms with Crippen molar-refractivity contribution >= 4 is 11.6 Å². The zero-order valence-corrected chi connectivity index (χ0v) is 10.2. The summed E-state index contributed by atoms with van der Waals surface area (Å²) in [4.78, 5) is 2.00. The summed E-state index contributed by atoms with van der Waals surface area (Å²) in [5.74, 6) is 0. The topological polar surface area (TPSA) is 43.7 Å². The van der Waals surface area contributed by atoms with Crippen LogP contribution in [0.3, 0.4) is 0 Å². The largest absolute Gasteiger partial charge is 0.395 e. The third-order valence-corrected chi connectivity index (χ3v) is 2.80. The van der Waals surface area contributed by atoms with Gasteiger partial charge in [0.15, 0.2) is 0 Å². The molecule has 1 aromatic carbocycles. The smallest absolute Gasteiger partial charge is 0.0916 e. The van der Waals surface area contributed by atoms with E-state index in [0.29, 0.717) is 18.1 Å². The van der Waals surface area contributed by atoms with Crippen LogP contribution in [0.4, 0.5) is 0 Å². The molecule has 1 atom stereocenters. The number of rotatable bonds is 6. The van der Waals surface area contributed by atoms with E-state index >= 15 is 0 Å². The van der Waals surface area contributed by atoms with Crippen molar-refractivity contribution in [2.45, 2.75) is 13.0 Å². The van der Waals surface area contributed by atoms with Crippen LogP contribution in [-0.2, 0) is 0 Å². The second-order valence-corrected chi connectivity index (χ2v) is 4.12. The van der Waals surface area contributed by atoms with Crippen molar-refractivity contribution in [2.24, 2.45) is 0 Å². The van der Waals surface area contributed by atoms with E-state index in [1.54, 1.807) is 12.1 Å². The van der Waals surface area contributed by atoms with Gasteiger partial charge >= 0.3 is 0 Å². The Morgan fingerprint density at radius 3 is 2.44 bits per heavy atom. The molecule has 90 valence electrons. The van der Waals surface area contributed by atoms with Crippen LogP contribution in [0.15, 0.2) is 24.3 Å². The Kier molecular flexibility index (Phi) is 5.77. The van der Waals surface area contributed by atoms with Crippen molar-refractivity contribution in [3.63, 3.8) is 0 Å². The highest BCUT2D eigenvalue weighted by Gasteiger charge is 2.11. The van der Waals surface area contributed by atoms with Gasteiger partial charge in [0.05, 0.1) is 12.7 Å². The molecule has 0 radical (unpaired) electrons. The van der Waals surface area contributed by atoms with Crippen LogP contribution < -0.4 is 0 Å². The lowest BCUT2D eigenvalue weighted by atomic mass is 10.1. The second kappa shape index (κ2) is 6.86. The molecule has 0 aliphatic rings. The van der Waals surface area contributed by atoms with Gasteiger partial charge < -0.3 is 10.2 Å². The fourth-order valence-electron chi connectivity index (χ4n) is 1.55. The van der Waals surface area contributed by atoms with Gasteiger partial charge in [0.1, 0.15) is 0 Å². The monoisotopic (exact) mass is 243 g/mol. The number of nitrogens with zero attached hydrogens (tertiary/aromatic N) is 1. The minimum atomic E-state index is -0.538. The fourth-order valence-corrected chi connectivity index (χ4v) is 1.68. The molecule has 0 aliphatic heterocycles. The molecule has 1 unspecified atom stereocenters. The van der Waals surface area contributed by atoms with Crippen molar-refractivity contribution in [2.75, 3.05) is 26.2 Å². The summed E-state index contributed by atoms with van der Waals surface area (Å²) < 4.78 is 0. The van der Waals surface area contributed by atoms with Crippen LogP contribution in [-0.4, -0.2) is 41.4 Å². The van der Waals surface area contributed by atoms with Gasteiger partial charge in [-0.2, -0.15) is 0 Å². The third-order valence-electron chi connectivity index (χ3n) is 2.55. The van der Waals surface area contributed by atoms with Crippen molar-refractivity contribution in [1.82, 2.24) is 4.90 Å². The minimum Gasteiger partial charge on any atom is -0.395 e. The number of hydrogen-bond donors (Lipinski definition) is 2. The Balaban J connectivity index is 2.56. The first-order valence-electron chi connectivity index (χ1n) is 5.44. The molecular formula is C12H18ClNO2. The average molecular weight is 244 g/mol. The number of likely N-dealkylation sites (N-methyl/N-ethyl adjacent to an activating group) is 1. The van der Waals surface area contributed by atoms with Gasteiger partial charge in [0.25, 0.3) is 0 Å². The Labute approximate surface area is 101 Å². The van der Waals surface area contributed by atoms with Gasteiger partial charge in [-0.25, -0.2) is 0 Å². The standard InChI is InChI=1S/C12H18ClNO2/c1-2-14(7-8-15)9-12(16)10-3-5-11(13)6-4-10/h3-6,12,15-16H,2,7-9H2,1H3. The molecule has 0 fully saturated rings. The van der Waals surface area contributed by atoms with Crippen LogP contribution in [0.2, 0.25) is 5.02 Å².